The van der Waals surface area contributed by atoms with Gasteiger partial charge in [-0.3, -0.25) is 9.59 Å². The quantitative estimate of drug-likeness (QED) is 0.581. The van der Waals surface area contributed by atoms with Crippen LogP contribution in [0.5, 0.6) is 0 Å². The summed E-state index contributed by atoms with van der Waals surface area (Å²) in [5.41, 5.74) is 2.54. The number of halogens is 2. The van der Waals surface area contributed by atoms with Gasteiger partial charge in [-0.2, -0.15) is 0 Å². The molecule has 0 fully saturated rings. The predicted octanol–water partition coefficient (Wildman–Crippen LogP) is 3.64. The monoisotopic (exact) mass is 497 g/mol. The third-order valence-corrected chi connectivity index (χ3v) is 7.38. The number of fused-ring (bicyclic) bond motifs is 1. The highest BCUT2D eigenvalue weighted by Crippen LogP contribution is 2.29. The van der Waals surface area contributed by atoms with Gasteiger partial charge in [0.05, 0.1) is 27.2 Å². The summed E-state index contributed by atoms with van der Waals surface area (Å²) in [6.45, 7) is -0.293. The molecule has 0 saturated heterocycles. The van der Waals surface area contributed by atoms with E-state index in [2.05, 4.69) is 10.0 Å². The van der Waals surface area contributed by atoms with Gasteiger partial charge in [-0.1, -0.05) is 35.3 Å². The molecule has 0 bridgehead atoms. The first-order valence-electron chi connectivity index (χ1n) is 10.3. The lowest BCUT2D eigenvalue weighted by Gasteiger charge is -2.18. The van der Waals surface area contributed by atoms with Crippen molar-refractivity contribution in [1.29, 1.82) is 0 Å². The molecule has 0 atom stereocenters. The number of hydrogen-bond acceptors (Lipinski definition) is 4. The van der Waals surface area contributed by atoms with E-state index in [0.717, 1.165) is 31.2 Å². The van der Waals surface area contributed by atoms with Crippen molar-refractivity contribution in [3.05, 3.63) is 57.6 Å². The number of carbonyl (C=O) groups is 2. The number of amides is 2. The number of benzene rings is 2. The number of nitrogens with one attached hydrogen (secondary N) is 2. The van der Waals surface area contributed by atoms with E-state index >= 15 is 0 Å². The van der Waals surface area contributed by atoms with Crippen LogP contribution in [0.4, 0.5) is 5.69 Å². The van der Waals surface area contributed by atoms with E-state index in [1.165, 1.54) is 17.5 Å². The standard InChI is InChI=1S/C22H25Cl2N3O4S/c1-27(14-20(28)26-22-18(23)7-4-8-19(22)24)21(29)11-12-25-32(30,31)17-10-9-15-5-2-3-6-16(15)13-17/h4,7-10,13,25H,2-3,5-6,11-12,14H2,1H3,(H,26,28). The maximum atomic E-state index is 12.6. The largest absolute Gasteiger partial charge is 0.336 e. The number of likely N-dealkylation sites (N-methyl/N-ethyl adjacent to an activating group) is 1. The molecule has 0 unspecified atom stereocenters. The number of hydrogen-bond donors (Lipinski definition) is 2. The maximum Gasteiger partial charge on any atom is 0.244 e. The lowest BCUT2D eigenvalue weighted by atomic mass is 9.92. The normalized spacial score (nSPS) is 13.3. The van der Waals surface area contributed by atoms with Gasteiger partial charge in [-0.25, -0.2) is 13.1 Å². The highest BCUT2D eigenvalue weighted by molar-refractivity contribution is 7.89. The van der Waals surface area contributed by atoms with Crippen LogP contribution >= 0.6 is 23.2 Å². The molecule has 2 aromatic rings. The van der Waals surface area contributed by atoms with E-state index in [-0.39, 0.29) is 46.0 Å². The zero-order valence-corrected chi connectivity index (χ0v) is 20.0. The lowest BCUT2D eigenvalue weighted by molar-refractivity contribution is -0.133. The molecular weight excluding hydrogens is 473 g/mol. The minimum Gasteiger partial charge on any atom is -0.336 e. The average molecular weight is 498 g/mol. The molecule has 0 aliphatic heterocycles. The van der Waals surface area contributed by atoms with Crippen molar-refractivity contribution in [3.8, 4) is 0 Å². The van der Waals surface area contributed by atoms with Crippen LogP contribution in [0.1, 0.15) is 30.4 Å². The first-order valence-corrected chi connectivity index (χ1v) is 12.5. The molecule has 3 rings (SSSR count). The van der Waals surface area contributed by atoms with Gasteiger partial charge in [0.2, 0.25) is 21.8 Å². The molecule has 1 aliphatic rings. The van der Waals surface area contributed by atoms with Crippen molar-refractivity contribution < 1.29 is 18.0 Å². The van der Waals surface area contributed by atoms with Gasteiger partial charge in [0, 0.05) is 20.0 Å². The second kappa shape index (κ2) is 10.7. The Morgan fingerprint density at radius 3 is 2.38 bits per heavy atom. The molecule has 10 heteroatoms. The molecule has 0 aromatic heterocycles. The Morgan fingerprint density at radius 1 is 1.03 bits per heavy atom. The number of para-hydroxylation sites is 1. The molecule has 0 spiro atoms. The van der Waals surface area contributed by atoms with Crippen molar-refractivity contribution in [1.82, 2.24) is 9.62 Å². The molecule has 2 N–H and O–H groups in total. The van der Waals surface area contributed by atoms with Gasteiger partial charge in [-0.15, -0.1) is 0 Å². The first-order chi connectivity index (χ1) is 15.2. The summed E-state index contributed by atoms with van der Waals surface area (Å²) >= 11 is 12.1. The number of rotatable bonds is 8. The molecule has 0 saturated carbocycles. The summed E-state index contributed by atoms with van der Waals surface area (Å²) in [4.78, 5) is 26.0. The van der Waals surface area contributed by atoms with Crippen molar-refractivity contribution in [3.63, 3.8) is 0 Å². The van der Waals surface area contributed by atoms with Crippen LogP contribution in [-0.4, -0.2) is 45.3 Å². The first kappa shape index (κ1) is 24.5. The van der Waals surface area contributed by atoms with Crippen molar-refractivity contribution in [2.75, 3.05) is 25.5 Å². The minimum atomic E-state index is -3.72. The highest BCUT2D eigenvalue weighted by Gasteiger charge is 2.19. The number of nitrogens with zero attached hydrogens (tertiary/aromatic N) is 1. The van der Waals surface area contributed by atoms with Gasteiger partial charge in [-0.05, 0) is 61.1 Å². The Labute approximate surface area is 198 Å². The molecule has 172 valence electrons. The summed E-state index contributed by atoms with van der Waals surface area (Å²) in [5.74, 6) is -0.843. The Bertz CT molecular complexity index is 1100. The van der Waals surface area contributed by atoms with Crippen LogP contribution in [0.2, 0.25) is 10.0 Å². The smallest absolute Gasteiger partial charge is 0.244 e. The molecule has 2 amide bonds. The Balaban J connectivity index is 1.50. The fourth-order valence-electron chi connectivity index (χ4n) is 3.54. The molecular formula is C22H25Cl2N3O4S. The maximum absolute atomic E-state index is 12.6. The average Bonchev–Trinajstić information content (AvgIpc) is 2.75. The number of sulfonamides is 1. The topological polar surface area (TPSA) is 95.6 Å². The van der Waals surface area contributed by atoms with E-state index in [9.17, 15) is 18.0 Å². The SMILES string of the molecule is CN(CC(=O)Nc1c(Cl)cccc1Cl)C(=O)CCNS(=O)(=O)c1ccc2c(c1)CCCC2. The van der Waals surface area contributed by atoms with Crippen LogP contribution in [0.15, 0.2) is 41.3 Å². The number of anilines is 1. The van der Waals surface area contributed by atoms with Crippen LogP contribution in [-0.2, 0) is 32.5 Å². The van der Waals surface area contributed by atoms with Crippen LogP contribution < -0.4 is 10.0 Å². The second-order valence-corrected chi connectivity index (χ2v) is 10.3. The highest BCUT2D eigenvalue weighted by atomic mass is 35.5. The number of aryl methyl sites for hydroxylation is 2. The molecule has 0 radical (unpaired) electrons. The second-order valence-electron chi connectivity index (χ2n) is 7.68. The zero-order valence-electron chi connectivity index (χ0n) is 17.7. The fraction of sp³-hybridized carbons (Fsp3) is 0.364. The van der Waals surface area contributed by atoms with E-state index in [1.54, 1.807) is 30.3 Å². The van der Waals surface area contributed by atoms with Gasteiger partial charge >= 0.3 is 0 Å². The Kier molecular flexibility index (Phi) is 8.16. The van der Waals surface area contributed by atoms with E-state index < -0.39 is 15.9 Å². The van der Waals surface area contributed by atoms with Crippen molar-refractivity contribution in [2.45, 2.75) is 37.0 Å². The summed E-state index contributed by atoms with van der Waals surface area (Å²) in [6.07, 6.45) is 3.95. The lowest BCUT2D eigenvalue weighted by Crippen LogP contribution is -2.37. The van der Waals surface area contributed by atoms with E-state index in [1.807, 2.05) is 6.07 Å². The van der Waals surface area contributed by atoms with E-state index in [0.29, 0.717) is 0 Å². The van der Waals surface area contributed by atoms with Crippen molar-refractivity contribution in [2.24, 2.45) is 0 Å². The molecule has 0 heterocycles. The van der Waals surface area contributed by atoms with E-state index in [4.69, 9.17) is 23.2 Å². The van der Waals surface area contributed by atoms with Gasteiger partial charge in [0.1, 0.15) is 0 Å². The third kappa shape index (κ3) is 6.22. The van der Waals surface area contributed by atoms with Gasteiger partial charge in [0.15, 0.2) is 0 Å². The molecule has 2 aromatic carbocycles. The summed E-state index contributed by atoms with van der Waals surface area (Å²) < 4.78 is 27.6. The molecule has 32 heavy (non-hydrogen) atoms. The third-order valence-electron chi connectivity index (χ3n) is 5.29. The Morgan fingerprint density at radius 2 is 1.69 bits per heavy atom. The Hall–Kier alpha value is -2.13. The van der Waals surface area contributed by atoms with Crippen molar-refractivity contribution >= 4 is 50.7 Å². The van der Waals surface area contributed by atoms with Crippen LogP contribution in [0, 0.1) is 0 Å². The molecule has 1 aliphatic carbocycles. The van der Waals surface area contributed by atoms with Crippen LogP contribution in [0.25, 0.3) is 0 Å². The summed E-state index contributed by atoms with van der Waals surface area (Å²) in [7, 11) is -2.25. The van der Waals surface area contributed by atoms with Gasteiger partial charge in [0.25, 0.3) is 0 Å². The summed E-state index contributed by atoms with van der Waals surface area (Å²) in [6, 6.07) is 10.0. The minimum absolute atomic E-state index is 0.0689. The number of carbonyl (C=O) groups excluding carboxylic acids is 2. The zero-order chi connectivity index (χ0) is 23.3. The van der Waals surface area contributed by atoms with Crippen LogP contribution in [0.3, 0.4) is 0 Å². The molecule has 7 nitrogen and oxygen atoms in total. The fourth-order valence-corrected chi connectivity index (χ4v) is 5.12. The predicted molar refractivity (Wildman–Crippen MR) is 126 cm³/mol. The van der Waals surface area contributed by atoms with Gasteiger partial charge < -0.3 is 10.2 Å². The summed E-state index contributed by atoms with van der Waals surface area (Å²) in [5, 5.41) is 3.16.